The number of rotatable bonds is 0. The van der Waals surface area contributed by atoms with E-state index in [4.69, 9.17) is 0 Å². The Morgan fingerprint density at radius 2 is 1.55 bits per heavy atom. The number of hydrogen-bond donors (Lipinski definition) is 1. The van der Waals surface area contributed by atoms with E-state index in [0.29, 0.717) is 0 Å². The van der Waals surface area contributed by atoms with Crippen LogP contribution < -0.4 is 5.32 Å². The van der Waals surface area contributed by atoms with Crippen molar-refractivity contribution in [2.24, 2.45) is 5.41 Å². The van der Waals surface area contributed by atoms with Crippen LogP contribution in [0.2, 0.25) is 0 Å². The van der Waals surface area contributed by atoms with E-state index >= 15 is 0 Å². The smallest absolute Gasteiger partial charge is 0.00436 e. The standard InChI is InChI=1S/C10H19N/c1-2-8-11-9-7-10(4-1)5-3-6-10/h11H,1-9H2. The Bertz CT molecular complexity index is 117. The molecule has 2 rings (SSSR count). The Kier molecular flexibility index (Phi) is 2.17. The van der Waals surface area contributed by atoms with Crippen molar-refractivity contribution in [1.29, 1.82) is 0 Å². The van der Waals surface area contributed by atoms with Crippen LogP contribution in [0.4, 0.5) is 0 Å². The molecule has 0 aromatic rings. The van der Waals surface area contributed by atoms with Crippen LogP contribution in [0.15, 0.2) is 0 Å². The third-order valence-corrected chi connectivity index (χ3v) is 3.56. The molecule has 1 saturated carbocycles. The van der Waals surface area contributed by atoms with E-state index in [2.05, 4.69) is 5.32 Å². The van der Waals surface area contributed by atoms with Gasteiger partial charge in [-0.1, -0.05) is 12.8 Å². The van der Waals surface area contributed by atoms with E-state index in [1.54, 1.807) is 0 Å². The van der Waals surface area contributed by atoms with Gasteiger partial charge in [0.2, 0.25) is 0 Å². The van der Waals surface area contributed by atoms with E-state index in [0.717, 1.165) is 5.41 Å². The monoisotopic (exact) mass is 153 g/mol. The summed E-state index contributed by atoms with van der Waals surface area (Å²) >= 11 is 0. The van der Waals surface area contributed by atoms with Gasteiger partial charge in [0, 0.05) is 0 Å². The molecule has 1 spiro atoms. The Morgan fingerprint density at radius 3 is 2.27 bits per heavy atom. The summed E-state index contributed by atoms with van der Waals surface area (Å²) in [5.41, 5.74) is 0.813. The molecule has 1 aliphatic carbocycles. The van der Waals surface area contributed by atoms with Gasteiger partial charge in [-0.2, -0.15) is 0 Å². The van der Waals surface area contributed by atoms with Gasteiger partial charge in [-0.05, 0) is 50.6 Å². The molecule has 1 saturated heterocycles. The summed E-state index contributed by atoms with van der Waals surface area (Å²) in [6.07, 6.45) is 10.4. The van der Waals surface area contributed by atoms with Crippen LogP contribution in [0.25, 0.3) is 0 Å². The average Bonchev–Trinajstić information content (AvgIpc) is 1.82. The summed E-state index contributed by atoms with van der Waals surface area (Å²) in [6.45, 7) is 2.54. The van der Waals surface area contributed by atoms with Crippen LogP contribution in [0.5, 0.6) is 0 Å². The van der Waals surface area contributed by atoms with Crippen LogP contribution >= 0.6 is 0 Å². The molecule has 0 radical (unpaired) electrons. The molecule has 1 nitrogen and oxygen atoms in total. The highest BCUT2D eigenvalue weighted by Crippen LogP contribution is 2.47. The van der Waals surface area contributed by atoms with Gasteiger partial charge >= 0.3 is 0 Å². The molecular formula is C10H19N. The second-order valence-electron chi connectivity index (χ2n) is 4.31. The fraction of sp³-hybridized carbons (Fsp3) is 1.00. The molecule has 2 fully saturated rings. The molecule has 0 bridgehead atoms. The fourth-order valence-corrected chi connectivity index (χ4v) is 2.53. The Labute approximate surface area is 69.6 Å². The highest BCUT2D eigenvalue weighted by molar-refractivity contribution is 4.88. The van der Waals surface area contributed by atoms with Gasteiger partial charge in [0.1, 0.15) is 0 Å². The van der Waals surface area contributed by atoms with E-state index in [1.165, 1.54) is 58.0 Å². The zero-order valence-electron chi connectivity index (χ0n) is 7.36. The largest absolute Gasteiger partial charge is 0.317 e. The molecule has 1 aliphatic heterocycles. The van der Waals surface area contributed by atoms with Crippen LogP contribution in [-0.4, -0.2) is 13.1 Å². The first kappa shape index (κ1) is 7.60. The first-order valence-electron chi connectivity index (χ1n) is 5.12. The Balaban J connectivity index is 1.86. The molecular weight excluding hydrogens is 134 g/mol. The predicted octanol–water partition coefficient (Wildman–Crippen LogP) is 2.32. The molecule has 0 aromatic heterocycles. The molecule has 0 unspecified atom stereocenters. The van der Waals surface area contributed by atoms with Gasteiger partial charge < -0.3 is 5.32 Å². The Hall–Kier alpha value is -0.0400. The average molecular weight is 153 g/mol. The zero-order valence-corrected chi connectivity index (χ0v) is 7.36. The van der Waals surface area contributed by atoms with E-state index in [1.807, 2.05) is 0 Å². The molecule has 0 aromatic carbocycles. The van der Waals surface area contributed by atoms with Crippen LogP contribution in [0.3, 0.4) is 0 Å². The highest BCUT2D eigenvalue weighted by Gasteiger charge is 2.35. The lowest BCUT2D eigenvalue weighted by Crippen LogP contribution is -2.35. The van der Waals surface area contributed by atoms with Crippen molar-refractivity contribution in [3.63, 3.8) is 0 Å². The normalized spacial score (nSPS) is 30.5. The first-order valence-corrected chi connectivity index (χ1v) is 5.12. The summed E-state index contributed by atoms with van der Waals surface area (Å²) in [5.74, 6) is 0. The lowest BCUT2D eigenvalue weighted by molar-refractivity contribution is 0.0964. The van der Waals surface area contributed by atoms with Crippen LogP contribution in [0.1, 0.15) is 44.9 Å². The number of hydrogen-bond acceptors (Lipinski definition) is 1. The summed E-state index contributed by atoms with van der Waals surface area (Å²) in [5, 5.41) is 3.51. The van der Waals surface area contributed by atoms with Crippen LogP contribution in [0, 0.1) is 5.41 Å². The molecule has 1 N–H and O–H groups in total. The van der Waals surface area contributed by atoms with Gasteiger partial charge in [-0.3, -0.25) is 0 Å². The minimum Gasteiger partial charge on any atom is -0.317 e. The summed E-state index contributed by atoms with van der Waals surface area (Å²) in [6, 6.07) is 0. The molecule has 1 heteroatoms. The van der Waals surface area contributed by atoms with Crippen molar-refractivity contribution < 1.29 is 0 Å². The quantitative estimate of drug-likeness (QED) is 0.563. The molecule has 0 amide bonds. The molecule has 2 aliphatic rings. The lowest BCUT2D eigenvalue weighted by atomic mass is 9.63. The minimum absolute atomic E-state index is 0.813. The molecule has 11 heavy (non-hydrogen) atoms. The van der Waals surface area contributed by atoms with Crippen molar-refractivity contribution in [3.8, 4) is 0 Å². The summed E-state index contributed by atoms with van der Waals surface area (Å²) in [4.78, 5) is 0. The third-order valence-electron chi connectivity index (χ3n) is 3.56. The maximum atomic E-state index is 3.51. The Morgan fingerprint density at radius 1 is 0.727 bits per heavy atom. The first-order chi connectivity index (χ1) is 5.41. The maximum absolute atomic E-state index is 3.51. The van der Waals surface area contributed by atoms with Gasteiger partial charge in [0.05, 0.1) is 0 Å². The summed E-state index contributed by atoms with van der Waals surface area (Å²) in [7, 11) is 0. The lowest BCUT2D eigenvalue weighted by Gasteiger charge is -2.43. The van der Waals surface area contributed by atoms with Crippen LogP contribution in [-0.2, 0) is 0 Å². The van der Waals surface area contributed by atoms with E-state index < -0.39 is 0 Å². The highest BCUT2D eigenvalue weighted by atomic mass is 14.9. The van der Waals surface area contributed by atoms with Gasteiger partial charge in [0.25, 0.3) is 0 Å². The summed E-state index contributed by atoms with van der Waals surface area (Å²) < 4.78 is 0. The zero-order chi connectivity index (χ0) is 7.57. The molecule has 64 valence electrons. The fourth-order valence-electron chi connectivity index (χ4n) is 2.53. The molecule has 1 heterocycles. The predicted molar refractivity (Wildman–Crippen MR) is 47.6 cm³/mol. The van der Waals surface area contributed by atoms with Crippen molar-refractivity contribution in [2.75, 3.05) is 13.1 Å². The van der Waals surface area contributed by atoms with Crippen molar-refractivity contribution >= 4 is 0 Å². The van der Waals surface area contributed by atoms with E-state index in [9.17, 15) is 0 Å². The van der Waals surface area contributed by atoms with Gasteiger partial charge in [-0.25, -0.2) is 0 Å². The van der Waals surface area contributed by atoms with E-state index in [-0.39, 0.29) is 0 Å². The van der Waals surface area contributed by atoms with Crippen molar-refractivity contribution in [1.82, 2.24) is 5.32 Å². The van der Waals surface area contributed by atoms with Crippen molar-refractivity contribution in [3.05, 3.63) is 0 Å². The topological polar surface area (TPSA) is 12.0 Å². The second kappa shape index (κ2) is 3.14. The minimum atomic E-state index is 0.813. The SMILES string of the molecule is C1CCC2(CCC2)CCNC1. The van der Waals surface area contributed by atoms with Gasteiger partial charge in [0.15, 0.2) is 0 Å². The second-order valence-corrected chi connectivity index (χ2v) is 4.31. The van der Waals surface area contributed by atoms with Gasteiger partial charge in [-0.15, -0.1) is 0 Å². The maximum Gasteiger partial charge on any atom is -0.00436 e. The number of nitrogens with one attached hydrogen (secondary N) is 1. The molecule has 0 atom stereocenters. The third kappa shape index (κ3) is 1.58. The van der Waals surface area contributed by atoms with Crippen molar-refractivity contribution in [2.45, 2.75) is 44.9 Å².